The summed E-state index contributed by atoms with van der Waals surface area (Å²) in [5, 5.41) is 0. The summed E-state index contributed by atoms with van der Waals surface area (Å²) in [6, 6.07) is 82.0. The second kappa shape index (κ2) is 13.7. The van der Waals surface area contributed by atoms with E-state index in [1.165, 1.54) is 83.6 Å². The monoisotopic (exact) mass is 724 g/mol. The van der Waals surface area contributed by atoms with Gasteiger partial charge in [0.15, 0.2) is 0 Å². The highest BCUT2D eigenvalue weighted by Gasteiger charge is 2.44. The lowest BCUT2D eigenvalue weighted by Crippen LogP contribution is -2.61. The van der Waals surface area contributed by atoms with E-state index in [2.05, 4.69) is 234 Å². The molecule has 0 unspecified atom stereocenters. The predicted octanol–water partition coefficient (Wildman–Crippen LogP) is 12.4. The SMILES string of the molecule is c1ccc(-c2cccc(N3c4ccc(-c5ccccc5)cc4B4c5cccc(-c6ccccc6)c5N(c5cccc(-c6ccccc6)c5)c5cccc3c54)c2)cc1. The number of benzene rings is 9. The Morgan fingerprint density at radius 1 is 0.281 bits per heavy atom. The van der Waals surface area contributed by atoms with Crippen molar-refractivity contribution in [2.24, 2.45) is 0 Å². The molecular formula is C54H37BN2. The molecule has 266 valence electrons. The summed E-state index contributed by atoms with van der Waals surface area (Å²) in [7, 11) is 0. The molecule has 0 aromatic heterocycles. The lowest BCUT2D eigenvalue weighted by atomic mass is 9.33. The molecule has 9 aromatic carbocycles. The molecule has 0 bridgehead atoms. The number of rotatable bonds is 6. The van der Waals surface area contributed by atoms with Crippen LogP contribution in [-0.4, -0.2) is 6.71 Å². The summed E-state index contributed by atoms with van der Waals surface area (Å²) in [5.41, 5.74) is 20.6. The number of hydrogen-bond donors (Lipinski definition) is 0. The van der Waals surface area contributed by atoms with Crippen molar-refractivity contribution >= 4 is 57.2 Å². The molecule has 0 fully saturated rings. The van der Waals surface area contributed by atoms with E-state index in [1.807, 2.05) is 0 Å². The molecule has 2 aliphatic heterocycles. The number of anilines is 6. The molecule has 2 aliphatic rings. The van der Waals surface area contributed by atoms with Crippen LogP contribution in [0.25, 0.3) is 44.5 Å². The lowest BCUT2D eigenvalue weighted by Gasteiger charge is -2.45. The summed E-state index contributed by atoms with van der Waals surface area (Å²) in [4.78, 5) is 5.03. The van der Waals surface area contributed by atoms with E-state index in [9.17, 15) is 0 Å². The van der Waals surface area contributed by atoms with Crippen LogP contribution in [0.15, 0.2) is 224 Å². The molecule has 57 heavy (non-hydrogen) atoms. The number of fused-ring (bicyclic) bond motifs is 4. The summed E-state index contributed by atoms with van der Waals surface area (Å²) in [5.74, 6) is 0. The normalized spacial score (nSPS) is 12.5. The molecular weight excluding hydrogens is 687 g/mol. The van der Waals surface area contributed by atoms with Gasteiger partial charge in [0.25, 0.3) is 6.71 Å². The van der Waals surface area contributed by atoms with Crippen LogP contribution in [0.1, 0.15) is 0 Å². The van der Waals surface area contributed by atoms with Gasteiger partial charge in [-0.15, -0.1) is 0 Å². The molecule has 0 N–H and O–H groups in total. The maximum atomic E-state index is 2.53. The Kier molecular flexibility index (Phi) is 7.96. The molecule has 0 amide bonds. The summed E-state index contributed by atoms with van der Waals surface area (Å²) < 4.78 is 0. The van der Waals surface area contributed by atoms with E-state index in [0.29, 0.717) is 0 Å². The minimum Gasteiger partial charge on any atom is -0.311 e. The Balaban J connectivity index is 1.21. The molecule has 0 saturated carbocycles. The second-order valence-electron chi connectivity index (χ2n) is 14.9. The van der Waals surface area contributed by atoms with Gasteiger partial charge in [-0.1, -0.05) is 182 Å². The van der Waals surface area contributed by atoms with Crippen molar-refractivity contribution in [3.05, 3.63) is 224 Å². The smallest absolute Gasteiger partial charge is 0.252 e. The van der Waals surface area contributed by atoms with Gasteiger partial charge in [0.1, 0.15) is 0 Å². The third kappa shape index (κ3) is 5.59. The Labute approximate surface area is 334 Å². The molecule has 2 nitrogen and oxygen atoms in total. The van der Waals surface area contributed by atoms with Crippen molar-refractivity contribution in [3.8, 4) is 44.5 Å². The maximum Gasteiger partial charge on any atom is 0.252 e. The van der Waals surface area contributed by atoms with Gasteiger partial charge in [-0.2, -0.15) is 0 Å². The standard InChI is InChI=1S/C54H37BN2/c1-5-17-38(18-6-1)42-25-13-27-45(35-42)56-50-34-33-44(40-21-9-3-10-22-40)37-49(50)55-48-30-15-29-47(41-23-11-4-12-24-41)54(48)57(52-32-16-31-51(56)53(52)55)46-28-14-26-43(36-46)39-19-7-2-8-20-39/h1-37H. The quantitative estimate of drug-likeness (QED) is 0.158. The first kappa shape index (κ1) is 33.0. The fourth-order valence-corrected chi connectivity index (χ4v) is 9.11. The Morgan fingerprint density at radius 2 is 0.737 bits per heavy atom. The van der Waals surface area contributed by atoms with Crippen molar-refractivity contribution in [2.75, 3.05) is 9.80 Å². The van der Waals surface area contributed by atoms with Crippen molar-refractivity contribution in [1.29, 1.82) is 0 Å². The third-order valence-electron chi connectivity index (χ3n) is 11.6. The highest BCUT2D eigenvalue weighted by atomic mass is 15.2. The largest absolute Gasteiger partial charge is 0.311 e. The van der Waals surface area contributed by atoms with E-state index >= 15 is 0 Å². The van der Waals surface area contributed by atoms with Gasteiger partial charge < -0.3 is 9.80 Å². The van der Waals surface area contributed by atoms with Gasteiger partial charge in [-0.05, 0) is 97.8 Å². The second-order valence-corrected chi connectivity index (χ2v) is 14.9. The van der Waals surface area contributed by atoms with Crippen LogP contribution < -0.4 is 26.2 Å². The molecule has 3 heteroatoms. The predicted molar refractivity (Wildman–Crippen MR) is 242 cm³/mol. The highest BCUT2D eigenvalue weighted by molar-refractivity contribution is 7.00. The zero-order valence-corrected chi connectivity index (χ0v) is 31.3. The van der Waals surface area contributed by atoms with E-state index in [1.54, 1.807) is 0 Å². The first-order valence-electron chi connectivity index (χ1n) is 19.7. The summed E-state index contributed by atoms with van der Waals surface area (Å²) in [6.45, 7) is -0.00404. The molecule has 0 aliphatic carbocycles. The van der Waals surface area contributed by atoms with Gasteiger partial charge in [0.05, 0.1) is 0 Å². The van der Waals surface area contributed by atoms with Crippen LogP contribution in [0, 0.1) is 0 Å². The minimum atomic E-state index is -0.00404. The molecule has 0 atom stereocenters. The average Bonchev–Trinajstić information content (AvgIpc) is 3.30. The zero-order valence-electron chi connectivity index (χ0n) is 31.3. The number of nitrogens with zero attached hydrogens (tertiary/aromatic N) is 2. The lowest BCUT2D eigenvalue weighted by molar-refractivity contribution is 1.25. The van der Waals surface area contributed by atoms with Gasteiger partial charge >= 0.3 is 0 Å². The fraction of sp³-hybridized carbons (Fsp3) is 0. The molecule has 0 saturated heterocycles. The van der Waals surface area contributed by atoms with Crippen molar-refractivity contribution in [2.45, 2.75) is 0 Å². The molecule has 0 radical (unpaired) electrons. The van der Waals surface area contributed by atoms with Crippen LogP contribution in [0.5, 0.6) is 0 Å². The van der Waals surface area contributed by atoms with Gasteiger partial charge in [-0.25, -0.2) is 0 Å². The Morgan fingerprint density at radius 3 is 1.32 bits per heavy atom. The van der Waals surface area contributed by atoms with Crippen LogP contribution in [-0.2, 0) is 0 Å². The number of para-hydroxylation sites is 1. The van der Waals surface area contributed by atoms with Gasteiger partial charge in [0, 0.05) is 39.7 Å². The van der Waals surface area contributed by atoms with Crippen molar-refractivity contribution in [3.63, 3.8) is 0 Å². The average molecular weight is 725 g/mol. The van der Waals surface area contributed by atoms with E-state index in [0.717, 1.165) is 11.4 Å². The van der Waals surface area contributed by atoms with Gasteiger partial charge in [-0.3, -0.25) is 0 Å². The van der Waals surface area contributed by atoms with E-state index < -0.39 is 0 Å². The zero-order chi connectivity index (χ0) is 37.7. The maximum absolute atomic E-state index is 2.53. The summed E-state index contributed by atoms with van der Waals surface area (Å²) in [6.07, 6.45) is 0. The third-order valence-corrected chi connectivity index (χ3v) is 11.6. The van der Waals surface area contributed by atoms with E-state index in [-0.39, 0.29) is 6.71 Å². The van der Waals surface area contributed by atoms with E-state index in [4.69, 9.17) is 0 Å². The molecule has 9 aromatic rings. The molecule has 0 spiro atoms. The Hall–Kier alpha value is -7.36. The van der Waals surface area contributed by atoms with Crippen molar-refractivity contribution < 1.29 is 0 Å². The highest BCUT2D eigenvalue weighted by Crippen LogP contribution is 2.47. The first-order valence-corrected chi connectivity index (χ1v) is 19.7. The topological polar surface area (TPSA) is 6.48 Å². The van der Waals surface area contributed by atoms with Crippen LogP contribution in [0.4, 0.5) is 34.1 Å². The van der Waals surface area contributed by atoms with Crippen LogP contribution >= 0.6 is 0 Å². The van der Waals surface area contributed by atoms with Gasteiger partial charge in [0.2, 0.25) is 0 Å². The van der Waals surface area contributed by atoms with Crippen LogP contribution in [0.2, 0.25) is 0 Å². The Bertz CT molecular complexity index is 2910. The minimum absolute atomic E-state index is 0.00404. The molecule has 11 rings (SSSR count). The van der Waals surface area contributed by atoms with Crippen LogP contribution in [0.3, 0.4) is 0 Å². The molecule has 2 heterocycles. The first-order chi connectivity index (χ1) is 28.3. The summed E-state index contributed by atoms with van der Waals surface area (Å²) >= 11 is 0. The number of hydrogen-bond acceptors (Lipinski definition) is 2. The van der Waals surface area contributed by atoms with Crippen molar-refractivity contribution in [1.82, 2.24) is 0 Å². The fourth-order valence-electron chi connectivity index (χ4n) is 9.11.